The van der Waals surface area contributed by atoms with Crippen LogP contribution >= 0.6 is 11.3 Å². The molecule has 1 N–H and O–H groups in total. The van der Waals surface area contributed by atoms with Crippen LogP contribution in [0.1, 0.15) is 19.0 Å². The second kappa shape index (κ2) is 6.13. The van der Waals surface area contributed by atoms with Gasteiger partial charge in [0.2, 0.25) is 0 Å². The number of anilines is 1. The lowest BCUT2D eigenvalue weighted by Crippen LogP contribution is -2.13. The van der Waals surface area contributed by atoms with Crippen LogP contribution in [0, 0.1) is 6.92 Å². The van der Waals surface area contributed by atoms with Crippen molar-refractivity contribution in [3.8, 4) is 5.82 Å². The van der Waals surface area contributed by atoms with Gasteiger partial charge in [-0.1, -0.05) is 13.0 Å². The summed E-state index contributed by atoms with van der Waals surface area (Å²) in [6.45, 7) is 4.57. The Morgan fingerprint density at radius 2 is 2.04 bits per heavy atom. The third-order valence-electron chi connectivity index (χ3n) is 3.28. The standard InChI is InChI=1S/C13H16N6O2S2/c1-3-6-19-10(2)12(13(16-19)18-8-14-15-9-18)17-23(20,21)11-5-4-7-22-11/h4-5,7-9,17H,3,6H2,1-2H3. The van der Waals surface area contributed by atoms with Crippen LogP contribution in [0.4, 0.5) is 5.69 Å². The molecule has 3 aromatic rings. The molecule has 0 saturated heterocycles. The van der Waals surface area contributed by atoms with Gasteiger partial charge in [0.15, 0.2) is 5.82 Å². The number of hydrogen-bond acceptors (Lipinski definition) is 6. The van der Waals surface area contributed by atoms with Gasteiger partial charge in [-0.05, 0) is 24.8 Å². The summed E-state index contributed by atoms with van der Waals surface area (Å²) in [5.74, 6) is 0.459. The van der Waals surface area contributed by atoms with Crippen molar-refractivity contribution in [2.75, 3.05) is 4.72 Å². The summed E-state index contributed by atoms with van der Waals surface area (Å²) in [5.41, 5.74) is 1.18. The molecule has 122 valence electrons. The Labute approximate surface area is 137 Å². The second-order valence-electron chi connectivity index (χ2n) is 4.91. The largest absolute Gasteiger partial charge is 0.273 e. The van der Waals surface area contributed by atoms with Crippen LogP contribution in [-0.4, -0.2) is 33.0 Å². The number of nitrogens with zero attached hydrogens (tertiary/aromatic N) is 5. The average molecular weight is 352 g/mol. The molecule has 0 aromatic carbocycles. The van der Waals surface area contributed by atoms with Gasteiger partial charge in [0.25, 0.3) is 10.0 Å². The van der Waals surface area contributed by atoms with Crippen molar-refractivity contribution in [3.63, 3.8) is 0 Å². The first-order valence-corrected chi connectivity index (χ1v) is 9.38. The molecule has 3 aromatic heterocycles. The molecule has 0 aliphatic heterocycles. The van der Waals surface area contributed by atoms with Gasteiger partial charge < -0.3 is 0 Å². The minimum absolute atomic E-state index is 0.259. The van der Waals surface area contributed by atoms with Crippen LogP contribution in [0.15, 0.2) is 34.4 Å². The molecule has 0 radical (unpaired) electrons. The van der Waals surface area contributed by atoms with Gasteiger partial charge in [0.1, 0.15) is 22.6 Å². The Balaban J connectivity index is 2.07. The molecular formula is C13H16N6O2S2. The fourth-order valence-corrected chi connectivity index (χ4v) is 4.28. The van der Waals surface area contributed by atoms with E-state index in [2.05, 4.69) is 20.0 Å². The van der Waals surface area contributed by atoms with Crippen LogP contribution in [0.2, 0.25) is 0 Å². The first-order chi connectivity index (χ1) is 11.0. The van der Waals surface area contributed by atoms with Crippen LogP contribution < -0.4 is 4.72 Å². The van der Waals surface area contributed by atoms with Gasteiger partial charge in [0, 0.05) is 6.54 Å². The summed E-state index contributed by atoms with van der Waals surface area (Å²) in [4.78, 5) is 0. The zero-order valence-electron chi connectivity index (χ0n) is 12.7. The second-order valence-corrected chi connectivity index (χ2v) is 7.77. The van der Waals surface area contributed by atoms with Gasteiger partial charge in [-0.3, -0.25) is 14.0 Å². The lowest BCUT2D eigenvalue weighted by atomic mass is 10.3. The molecule has 3 rings (SSSR count). The number of hydrogen-bond donors (Lipinski definition) is 1. The minimum atomic E-state index is -3.65. The molecule has 0 aliphatic carbocycles. The lowest BCUT2D eigenvalue weighted by Gasteiger charge is -2.08. The molecule has 0 spiro atoms. The van der Waals surface area contributed by atoms with Gasteiger partial charge >= 0.3 is 0 Å². The summed E-state index contributed by atoms with van der Waals surface area (Å²) in [5, 5.41) is 13.7. The highest BCUT2D eigenvalue weighted by Gasteiger charge is 2.23. The van der Waals surface area contributed by atoms with E-state index in [-0.39, 0.29) is 4.21 Å². The maximum Gasteiger partial charge on any atom is 0.271 e. The molecule has 0 aliphatic rings. The highest BCUT2D eigenvalue weighted by molar-refractivity contribution is 7.94. The number of nitrogens with one attached hydrogen (secondary N) is 1. The molecule has 0 atom stereocenters. The van der Waals surface area contributed by atoms with E-state index in [1.807, 2.05) is 13.8 Å². The van der Waals surface area contributed by atoms with Crippen LogP contribution in [0.5, 0.6) is 0 Å². The molecule has 0 unspecified atom stereocenters. The highest BCUT2D eigenvalue weighted by Crippen LogP contribution is 2.28. The Bertz CT molecular complexity index is 881. The summed E-state index contributed by atoms with van der Waals surface area (Å²) in [6.07, 6.45) is 3.86. The maximum atomic E-state index is 12.5. The van der Waals surface area contributed by atoms with E-state index in [0.717, 1.165) is 12.1 Å². The van der Waals surface area contributed by atoms with Crippen molar-refractivity contribution in [2.24, 2.45) is 0 Å². The van der Waals surface area contributed by atoms with E-state index in [4.69, 9.17) is 0 Å². The first-order valence-electron chi connectivity index (χ1n) is 7.01. The number of aromatic nitrogens is 5. The Kier molecular flexibility index (Phi) is 4.18. The third-order valence-corrected chi connectivity index (χ3v) is 6.03. The van der Waals surface area contributed by atoms with Gasteiger partial charge in [-0.2, -0.15) is 5.10 Å². The summed E-state index contributed by atoms with van der Waals surface area (Å²) < 4.78 is 31.3. The molecule has 3 heterocycles. The topological polar surface area (TPSA) is 94.7 Å². The van der Waals surface area contributed by atoms with Crippen molar-refractivity contribution < 1.29 is 8.42 Å². The quantitative estimate of drug-likeness (QED) is 0.732. The van der Waals surface area contributed by atoms with Crippen molar-refractivity contribution in [3.05, 3.63) is 35.9 Å². The van der Waals surface area contributed by atoms with E-state index in [1.54, 1.807) is 26.8 Å². The molecule has 0 fully saturated rings. The minimum Gasteiger partial charge on any atom is -0.273 e. The number of sulfonamides is 1. The third kappa shape index (κ3) is 2.99. The molecule has 0 amide bonds. The van der Waals surface area contributed by atoms with Gasteiger partial charge in [-0.25, -0.2) is 8.42 Å². The summed E-state index contributed by atoms with van der Waals surface area (Å²) >= 11 is 1.17. The van der Waals surface area contributed by atoms with Gasteiger partial charge in [0.05, 0.1) is 5.69 Å². The molecule has 0 bridgehead atoms. The number of thiophene rings is 1. The van der Waals surface area contributed by atoms with Crippen molar-refractivity contribution in [2.45, 2.75) is 31.0 Å². The highest BCUT2D eigenvalue weighted by atomic mass is 32.2. The zero-order valence-corrected chi connectivity index (χ0v) is 14.3. The van der Waals surface area contributed by atoms with Crippen LogP contribution in [0.25, 0.3) is 5.82 Å². The molecule has 8 nitrogen and oxygen atoms in total. The molecule has 10 heteroatoms. The lowest BCUT2D eigenvalue weighted by molar-refractivity contribution is 0.583. The Hall–Kier alpha value is -2.20. The van der Waals surface area contributed by atoms with Crippen molar-refractivity contribution in [1.29, 1.82) is 0 Å². The fraction of sp³-hybridized carbons (Fsp3) is 0.308. The van der Waals surface area contributed by atoms with E-state index in [1.165, 1.54) is 24.0 Å². The number of aryl methyl sites for hydroxylation is 1. The Morgan fingerprint density at radius 1 is 1.30 bits per heavy atom. The smallest absolute Gasteiger partial charge is 0.271 e. The summed E-state index contributed by atoms with van der Waals surface area (Å²) in [6, 6.07) is 3.27. The van der Waals surface area contributed by atoms with E-state index in [0.29, 0.717) is 18.1 Å². The van der Waals surface area contributed by atoms with Gasteiger partial charge in [-0.15, -0.1) is 21.5 Å². The van der Waals surface area contributed by atoms with E-state index < -0.39 is 10.0 Å². The van der Waals surface area contributed by atoms with Crippen LogP contribution in [-0.2, 0) is 16.6 Å². The van der Waals surface area contributed by atoms with Crippen molar-refractivity contribution in [1.82, 2.24) is 24.5 Å². The molecule has 23 heavy (non-hydrogen) atoms. The Morgan fingerprint density at radius 3 is 2.65 bits per heavy atom. The van der Waals surface area contributed by atoms with E-state index in [9.17, 15) is 8.42 Å². The fourth-order valence-electron chi connectivity index (χ4n) is 2.17. The van der Waals surface area contributed by atoms with E-state index >= 15 is 0 Å². The molecular weight excluding hydrogens is 336 g/mol. The summed E-state index contributed by atoms with van der Waals surface area (Å²) in [7, 11) is -3.65. The predicted octanol–water partition coefficient (Wildman–Crippen LogP) is 2.04. The normalized spacial score (nSPS) is 11.7. The maximum absolute atomic E-state index is 12.5. The average Bonchev–Trinajstić information content (AvgIpc) is 3.24. The van der Waals surface area contributed by atoms with Crippen LogP contribution in [0.3, 0.4) is 0 Å². The first kappa shape index (κ1) is 15.7. The molecule has 0 saturated carbocycles. The SMILES string of the molecule is CCCn1nc(-n2cnnc2)c(NS(=O)(=O)c2cccs2)c1C. The predicted molar refractivity (Wildman–Crippen MR) is 87.3 cm³/mol. The number of rotatable bonds is 6. The van der Waals surface area contributed by atoms with Crippen molar-refractivity contribution >= 4 is 27.0 Å². The zero-order chi connectivity index (χ0) is 16.4. The monoisotopic (exact) mass is 352 g/mol.